The van der Waals surface area contributed by atoms with Gasteiger partial charge in [-0.25, -0.2) is 0 Å². The third kappa shape index (κ3) is 2.53. The van der Waals surface area contributed by atoms with Gasteiger partial charge in [0, 0.05) is 6.54 Å². The molecule has 0 aliphatic heterocycles. The monoisotopic (exact) mass is 251 g/mol. The fourth-order valence-corrected chi connectivity index (χ4v) is 3.30. The van der Waals surface area contributed by atoms with Crippen molar-refractivity contribution >= 4 is 33.8 Å². The van der Waals surface area contributed by atoms with E-state index in [9.17, 15) is 0 Å². The lowest BCUT2D eigenvalue weighted by atomic mass is 10.2. The Hall–Kier alpha value is -0.670. The van der Waals surface area contributed by atoms with E-state index >= 15 is 0 Å². The van der Waals surface area contributed by atoms with E-state index in [0.717, 1.165) is 10.5 Å². The summed E-state index contributed by atoms with van der Waals surface area (Å²) >= 11 is 7.13. The predicted octanol–water partition coefficient (Wildman–Crippen LogP) is 5.01. The summed E-state index contributed by atoms with van der Waals surface area (Å²) in [6.07, 6.45) is 5.16. The predicted molar refractivity (Wildman–Crippen MR) is 74.8 cm³/mol. The van der Waals surface area contributed by atoms with Crippen LogP contribution in [0, 0.1) is 3.95 Å². The van der Waals surface area contributed by atoms with Gasteiger partial charge in [0.25, 0.3) is 0 Å². The number of para-hydroxylation sites is 1. The molecule has 16 heavy (non-hydrogen) atoms. The molecule has 1 aromatic heterocycles. The van der Waals surface area contributed by atoms with Crippen LogP contribution in [0.1, 0.15) is 32.6 Å². The number of nitrogens with zero attached hydrogens (tertiary/aromatic N) is 1. The lowest BCUT2D eigenvalue weighted by Gasteiger charge is -2.04. The van der Waals surface area contributed by atoms with Crippen molar-refractivity contribution in [2.75, 3.05) is 0 Å². The molecule has 0 aliphatic rings. The standard InChI is InChI=1S/C13H17NS2/c1-2-3-4-7-10-14-11-8-5-6-9-12(11)16-13(14)15/h5-6,8-9H,2-4,7,10H2,1H3. The highest BCUT2D eigenvalue weighted by molar-refractivity contribution is 7.73. The van der Waals surface area contributed by atoms with Gasteiger partial charge >= 0.3 is 0 Å². The maximum absolute atomic E-state index is 5.41. The smallest absolute Gasteiger partial charge is 0.162 e. The van der Waals surface area contributed by atoms with Gasteiger partial charge < -0.3 is 4.57 Å². The first-order valence-electron chi connectivity index (χ1n) is 5.91. The Balaban J connectivity index is 2.16. The number of hydrogen-bond donors (Lipinski definition) is 0. The van der Waals surface area contributed by atoms with Crippen LogP contribution >= 0.6 is 23.6 Å². The summed E-state index contributed by atoms with van der Waals surface area (Å²) < 4.78 is 4.60. The second kappa shape index (κ2) is 5.60. The van der Waals surface area contributed by atoms with Gasteiger partial charge in [-0.3, -0.25) is 0 Å². The maximum atomic E-state index is 5.41. The van der Waals surface area contributed by atoms with Crippen molar-refractivity contribution in [3.05, 3.63) is 28.2 Å². The molecule has 0 aliphatic carbocycles. The van der Waals surface area contributed by atoms with Gasteiger partial charge in [0.05, 0.1) is 10.2 Å². The normalized spacial score (nSPS) is 11.1. The van der Waals surface area contributed by atoms with Crippen LogP contribution in [0.4, 0.5) is 0 Å². The average molecular weight is 251 g/mol. The zero-order chi connectivity index (χ0) is 11.4. The van der Waals surface area contributed by atoms with E-state index in [1.807, 2.05) is 0 Å². The van der Waals surface area contributed by atoms with Gasteiger partial charge in [-0.1, -0.05) is 38.3 Å². The molecule has 0 fully saturated rings. The van der Waals surface area contributed by atoms with E-state index in [-0.39, 0.29) is 0 Å². The molecule has 3 heteroatoms. The molecule has 0 atom stereocenters. The van der Waals surface area contributed by atoms with Crippen molar-refractivity contribution < 1.29 is 0 Å². The molecular formula is C13H17NS2. The molecule has 0 bridgehead atoms. The molecule has 0 saturated carbocycles. The summed E-state index contributed by atoms with van der Waals surface area (Å²) in [6.45, 7) is 3.31. The Bertz CT molecular complexity index is 510. The fraction of sp³-hybridized carbons (Fsp3) is 0.462. The third-order valence-corrected chi connectivity index (χ3v) is 4.24. The van der Waals surface area contributed by atoms with Crippen molar-refractivity contribution in [2.24, 2.45) is 0 Å². The van der Waals surface area contributed by atoms with Gasteiger partial charge in [0.1, 0.15) is 0 Å². The Morgan fingerprint density at radius 1 is 1.19 bits per heavy atom. The highest BCUT2D eigenvalue weighted by Gasteiger charge is 2.03. The lowest BCUT2D eigenvalue weighted by molar-refractivity contribution is 0.592. The minimum Gasteiger partial charge on any atom is -0.323 e. The molecule has 1 nitrogen and oxygen atoms in total. The van der Waals surface area contributed by atoms with Crippen LogP contribution in [0.5, 0.6) is 0 Å². The number of thiazole rings is 1. The molecule has 86 valence electrons. The van der Waals surface area contributed by atoms with Crippen LogP contribution in [0.25, 0.3) is 10.2 Å². The molecule has 0 saturated heterocycles. The van der Waals surface area contributed by atoms with E-state index in [4.69, 9.17) is 12.2 Å². The number of unbranched alkanes of at least 4 members (excludes halogenated alkanes) is 3. The number of hydrogen-bond acceptors (Lipinski definition) is 2. The average Bonchev–Trinajstić information content (AvgIpc) is 2.61. The number of fused-ring (bicyclic) bond motifs is 1. The molecule has 0 radical (unpaired) electrons. The minimum atomic E-state index is 1.01. The van der Waals surface area contributed by atoms with E-state index < -0.39 is 0 Å². The molecule has 0 amide bonds. The Morgan fingerprint density at radius 2 is 2.00 bits per heavy atom. The molecular weight excluding hydrogens is 234 g/mol. The summed E-state index contributed by atoms with van der Waals surface area (Å²) in [5.41, 5.74) is 1.30. The molecule has 0 spiro atoms. The van der Waals surface area contributed by atoms with Gasteiger partial charge in [-0.2, -0.15) is 0 Å². The lowest BCUT2D eigenvalue weighted by Crippen LogP contribution is -1.97. The maximum Gasteiger partial charge on any atom is 0.162 e. The Labute approximate surface area is 106 Å². The SMILES string of the molecule is CCCCCCn1c(=S)sc2ccccc21. The molecule has 1 heterocycles. The summed E-state index contributed by atoms with van der Waals surface area (Å²) in [4.78, 5) is 0. The van der Waals surface area contributed by atoms with Crippen molar-refractivity contribution in [1.29, 1.82) is 0 Å². The van der Waals surface area contributed by atoms with Crippen LogP contribution in [0.15, 0.2) is 24.3 Å². The first kappa shape index (κ1) is 11.8. The van der Waals surface area contributed by atoms with Crippen molar-refractivity contribution in [1.82, 2.24) is 4.57 Å². The first-order valence-corrected chi connectivity index (χ1v) is 7.14. The Kier molecular flexibility index (Phi) is 4.13. The van der Waals surface area contributed by atoms with Crippen LogP contribution in [0.3, 0.4) is 0 Å². The van der Waals surface area contributed by atoms with Crippen molar-refractivity contribution in [2.45, 2.75) is 39.2 Å². The summed E-state index contributed by atoms with van der Waals surface area (Å²) in [6, 6.07) is 8.49. The van der Waals surface area contributed by atoms with Crippen molar-refractivity contribution in [3.8, 4) is 0 Å². The van der Waals surface area contributed by atoms with E-state index in [2.05, 4.69) is 35.8 Å². The Morgan fingerprint density at radius 3 is 2.81 bits per heavy atom. The van der Waals surface area contributed by atoms with Crippen molar-refractivity contribution in [3.63, 3.8) is 0 Å². The van der Waals surface area contributed by atoms with E-state index in [1.165, 1.54) is 35.9 Å². The number of benzene rings is 1. The van der Waals surface area contributed by atoms with Gasteiger partial charge in [-0.15, -0.1) is 11.3 Å². The number of aromatic nitrogens is 1. The highest BCUT2D eigenvalue weighted by atomic mass is 32.1. The largest absolute Gasteiger partial charge is 0.323 e. The van der Waals surface area contributed by atoms with Gasteiger partial charge in [-0.05, 0) is 30.8 Å². The van der Waals surface area contributed by atoms with Gasteiger partial charge in [0.15, 0.2) is 3.95 Å². The second-order valence-corrected chi connectivity index (χ2v) is 5.72. The second-order valence-electron chi connectivity index (χ2n) is 4.05. The third-order valence-electron chi connectivity index (χ3n) is 2.81. The zero-order valence-corrected chi connectivity index (χ0v) is 11.2. The summed E-state index contributed by atoms with van der Waals surface area (Å²) in [7, 11) is 0. The fourth-order valence-electron chi connectivity index (χ4n) is 1.92. The van der Waals surface area contributed by atoms with E-state index in [0.29, 0.717) is 0 Å². The van der Waals surface area contributed by atoms with Crippen LogP contribution < -0.4 is 0 Å². The summed E-state index contributed by atoms with van der Waals surface area (Å²) in [5, 5.41) is 0. The molecule has 2 rings (SSSR count). The van der Waals surface area contributed by atoms with Gasteiger partial charge in [0.2, 0.25) is 0 Å². The first-order chi connectivity index (χ1) is 7.83. The minimum absolute atomic E-state index is 1.01. The highest BCUT2D eigenvalue weighted by Crippen LogP contribution is 2.23. The van der Waals surface area contributed by atoms with Crippen LogP contribution in [0.2, 0.25) is 0 Å². The number of aryl methyl sites for hydroxylation is 1. The zero-order valence-electron chi connectivity index (χ0n) is 9.61. The molecule has 0 N–H and O–H groups in total. The topological polar surface area (TPSA) is 4.93 Å². The van der Waals surface area contributed by atoms with E-state index in [1.54, 1.807) is 11.3 Å². The molecule has 1 aromatic carbocycles. The summed E-state index contributed by atoms with van der Waals surface area (Å²) in [5.74, 6) is 0. The van der Waals surface area contributed by atoms with Crippen LogP contribution in [-0.2, 0) is 6.54 Å². The molecule has 0 unspecified atom stereocenters. The molecule has 2 aromatic rings. The number of rotatable bonds is 5. The van der Waals surface area contributed by atoms with Crippen LogP contribution in [-0.4, -0.2) is 4.57 Å². The quantitative estimate of drug-likeness (QED) is 0.534.